The van der Waals surface area contributed by atoms with Gasteiger partial charge in [0.25, 0.3) is 0 Å². The molecule has 0 heterocycles. The first-order valence-corrected chi connectivity index (χ1v) is 6.77. The van der Waals surface area contributed by atoms with Gasteiger partial charge in [-0.15, -0.1) is 0 Å². The molecule has 3 heteroatoms. The van der Waals surface area contributed by atoms with E-state index in [1.807, 2.05) is 6.07 Å². The highest BCUT2D eigenvalue weighted by atomic mass is 16.5. The van der Waals surface area contributed by atoms with Gasteiger partial charge in [-0.05, 0) is 42.9 Å². The minimum absolute atomic E-state index is 0.564. The molecule has 0 radical (unpaired) electrons. The van der Waals surface area contributed by atoms with Gasteiger partial charge in [0, 0.05) is 7.11 Å². The van der Waals surface area contributed by atoms with Crippen molar-refractivity contribution < 1.29 is 9.47 Å². The van der Waals surface area contributed by atoms with Crippen LogP contribution in [0.2, 0.25) is 0 Å². The molecule has 18 heavy (non-hydrogen) atoms. The summed E-state index contributed by atoms with van der Waals surface area (Å²) in [7, 11) is 1.69. The average molecular weight is 249 g/mol. The van der Waals surface area contributed by atoms with E-state index in [1.165, 1.54) is 24.8 Å². The summed E-state index contributed by atoms with van der Waals surface area (Å²) in [4.78, 5) is 0. The second-order valence-electron chi connectivity index (χ2n) is 4.91. The van der Waals surface area contributed by atoms with Gasteiger partial charge in [0.2, 0.25) is 0 Å². The maximum absolute atomic E-state index is 5.87. The van der Waals surface area contributed by atoms with Crippen LogP contribution in [0.4, 0.5) is 0 Å². The second kappa shape index (κ2) is 6.76. The Morgan fingerprint density at radius 2 is 2.06 bits per heavy atom. The molecule has 1 aromatic carbocycles. The maximum atomic E-state index is 5.87. The Kier molecular flexibility index (Phi) is 5.02. The van der Waals surface area contributed by atoms with Gasteiger partial charge in [-0.3, -0.25) is 0 Å². The van der Waals surface area contributed by atoms with Gasteiger partial charge in [-0.25, -0.2) is 0 Å². The number of benzene rings is 1. The van der Waals surface area contributed by atoms with Crippen molar-refractivity contribution >= 4 is 0 Å². The Morgan fingerprint density at radius 1 is 1.22 bits per heavy atom. The summed E-state index contributed by atoms with van der Waals surface area (Å²) in [5, 5.41) is 0. The highest BCUT2D eigenvalue weighted by Gasteiger charge is 2.29. The van der Waals surface area contributed by atoms with E-state index in [9.17, 15) is 0 Å². The van der Waals surface area contributed by atoms with Crippen molar-refractivity contribution in [1.82, 2.24) is 0 Å². The molecule has 3 nitrogen and oxygen atoms in total. The molecule has 100 valence electrons. The Hall–Kier alpha value is -1.06. The van der Waals surface area contributed by atoms with Crippen LogP contribution in [0.25, 0.3) is 0 Å². The number of ether oxygens (including phenoxy) is 2. The van der Waals surface area contributed by atoms with Crippen molar-refractivity contribution in [2.24, 2.45) is 11.7 Å². The van der Waals surface area contributed by atoms with Crippen molar-refractivity contribution in [1.29, 1.82) is 0 Å². The third-order valence-corrected chi connectivity index (χ3v) is 3.83. The Morgan fingerprint density at radius 3 is 2.83 bits per heavy atom. The SMILES string of the molecule is COCCOc1ccccc1C1CCCC1CN. The smallest absolute Gasteiger partial charge is 0.122 e. The quantitative estimate of drug-likeness (QED) is 0.788. The third kappa shape index (κ3) is 3.03. The van der Waals surface area contributed by atoms with E-state index in [-0.39, 0.29) is 0 Å². The molecular formula is C15H23NO2. The van der Waals surface area contributed by atoms with Gasteiger partial charge in [0.1, 0.15) is 12.4 Å². The highest BCUT2D eigenvalue weighted by Crippen LogP contribution is 2.42. The van der Waals surface area contributed by atoms with Gasteiger partial charge < -0.3 is 15.2 Å². The normalized spacial score (nSPS) is 23.2. The van der Waals surface area contributed by atoms with Gasteiger partial charge in [-0.1, -0.05) is 24.6 Å². The average Bonchev–Trinajstić information content (AvgIpc) is 2.88. The van der Waals surface area contributed by atoms with Gasteiger partial charge in [-0.2, -0.15) is 0 Å². The zero-order valence-electron chi connectivity index (χ0n) is 11.1. The molecule has 2 atom stereocenters. The summed E-state index contributed by atoms with van der Waals surface area (Å²) in [6.45, 7) is 2.00. The van der Waals surface area contributed by atoms with E-state index in [2.05, 4.69) is 18.2 Å². The molecule has 2 rings (SSSR count). The fourth-order valence-electron chi connectivity index (χ4n) is 2.88. The highest BCUT2D eigenvalue weighted by molar-refractivity contribution is 5.37. The molecule has 2 N–H and O–H groups in total. The molecule has 0 amide bonds. The maximum Gasteiger partial charge on any atom is 0.122 e. The molecule has 0 saturated heterocycles. The van der Waals surface area contributed by atoms with Crippen molar-refractivity contribution in [3.8, 4) is 5.75 Å². The Balaban J connectivity index is 2.11. The molecule has 1 saturated carbocycles. The lowest BCUT2D eigenvalue weighted by molar-refractivity contribution is 0.145. The van der Waals surface area contributed by atoms with Crippen LogP contribution in [0.1, 0.15) is 30.7 Å². The summed E-state index contributed by atoms with van der Waals surface area (Å²) in [6, 6.07) is 8.35. The summed E-state index contributed by atoms with van der Waals surface area (Å²) in [5.41, 5.74) is 7.19. The number of hydrogen-bond acceptors (Lipinski definition) is 3. The summed E-state index contributed by atoms with van der Waals surface area (Å²) >= 11 is 0. The third-order valence-electron chi connectivity index (χ3n) is 3.83. The summed E-state index contributed by atoms with van der Waals surface area (Å²) in [5.74, 6) is 2.17. The van der Waals surface area contributed by atoms with E-state index in [1.54, 1.807) is 7.11 Å². The fraction of sp³-hybridized carbons (Fsp3) is 0.600. The van der Waals surface area contributed by atoms with Crippen LogP contribution < -0.4 is 10.5 Å². The van der Waals surface area contributed by atoms with E-state index in [4.69, 9.17) is 15.2 Å². The predicted octanol–water partition coefficient (Wildman–Crippen LogP) is 2.55. The molecule has 0 aliphatic heterocycles. The van der Waals surface area contributed by atoms with E-state index < -0.39 is 0 Å². The Labute approximate surface area is 109 Å². The van der Waals surface area contributed by atoms with Crippen LogP contribution in [0, 0.1) is 5.92 Å². The standard InChI is InChI=1S/C15H23NO2/c1-17-9-10-18-15-8-3-2-6-14(15)13-7-4-5-12(13)11-16/h2-3,6,8,12-13H,4-5,7,9-11,16H2,1H3. The zero-order valence-corrected chi connectivity index (χ0v) is 11.1. The van der Waals surface area contributed by atoms with Crippen molar-refractivity contribution in [2.75, 3.05) is 26.9 Å². The Bertz CT molecular complexity index is 367. The zero-order chi connectivity index (χ0) is 12.8. The number of para-hydroxylation sites is 1. The molecule has 0 spiro atoms. The summed E-state index contributed by atoms with van der Waals surface area (Å²) < 4.78 is 10.8. The van der Waals surface area contributed by atoms with Crippen LogP contribution in [-0.2, 0) is 4.74 Å². The number of nitrogens with two attached hydrogens (primary N) is 1. The number of methoxy groups -OCH3 is 1. The van der Waals surface area contributed by atoms with Crippen LogP contribution in [0.3, 0.4) is 0 Å². The van der Waals surface area contributed by atoms with Crippen LogP contribution >= 0.6 is 0 Å². The second-order valence-corrected chi connectivity index (χ2v) is 4.91. The topological polar surface area (TPSA) is 44.5 Å². The molecule has 1 aliphatic rings. The largest absolute Gasteiger partial charge is 0.491 e. The predicted molar refractivity (Wildman–Crippen MR) is 72.9 cm³/mol. The molecule has 0 bridgehead atoms. The van der Waals surface area contributed by atoms with Gasteiger partial charge >= 0.3 is 0 Å². The van der Waals surface area contributed by atoms with Crippen molar-refractivity contribution in [2.45, 2.75) is 25.2 Å². The first-order chi connectivity index (χ1) is 8.86. The molecule has 1 fully saturated rings. The molecular weight excluding hydrogens is 226 g/mol. The van der Waals surface area contributed by atoms with Crippen molar-refractivity contribution in [3.05, 3.63) is 29.8 Å². The first-order valence-electron chi connectivity index (χ1n) is 6.77. The van der Waals surface area contributed by atoms with Crippen LogP contribution in [-0.4, -0.2) is 26.9 Å². The first kappa shape index (κ1) is 13.4. The lowest BCUT2D eigenvalue weighted by atomic mass is 9.88. The summed E-state index contributed by atoms with van der Waals surface area (Å²) in [6.07, 6.45) is 3.75. The minimum Gasteiger partial charge on any atom is -0.491 e. The van der Waals surface area contributed by atoms with Gasteiger partial charge in [0.15, 0.2) is 0 Å². The fourth-order valence-corrected chi connectivity index (χ4v) is 2.88. The van der Waals surface area contributed by atoms with Crippen molar-refractivity contribution in [3.63, 3.8) is 0 Å². The van der Waals surface area contributed by atoms with E-state index in [0.717, 1.165) is 12.3 Å². The van der Waals surface area contributed by atoms with Crippen LogP contribution in [0.5, 0.6) is 5.75 Å². The lowest BCUT2D eigenvalue weighted by Crippen LogP contribution is -2.18. The lowest BCUT2D eigenvalue weighted by Gasteiger charge is -2.21. The molecule has 2 unspecified atom stereocenters. The van der Waals surface area contributed by atoms with Gasteiger partial charge in [0.05, 0.1) is 6.61 Å². The number of rotatable bonds is 6. The van der Waals surface area contributed by atoms with E-state index >= 15 is 0 Å². The van der Waals surface area contributed by atoms with Crippen LogP contribution in [0.15, 0.2) is 24.3 Å². The number of hydrogen-bond donors (Lipinski definition) is 1. The molecule has 1 aliphatic carbocycles. The molecule has 1 aromatic rings. The monoisotopic (exact) mass is 249 g/mol. The molecule has 0 aromatic heterocycles. The minimum atomic E-state index is 0.564. The van der Waals surface area contributed by atoms with E-state index in [0.29, 0.717) is 25.0 Å².